The number of rotatable bonds is 0. The Labute approximate surface area is 187 Å². The van der Waals surface area contributed by atoms with Crippen LogP contribution in [0, 0.1) is 0 Å². The predicted molar refractivity (Wildman–Crippen MR) is 0 cm³/mol. The van der Waals surface area contributed by atoms with Crippen LogP contribution < -0.4 is 173 Å². The Bertz CT molecular complexity index is 8.49. The minimum atomic E-state index is 0. The van der Waals surface area contributed by atoms with E-state index in [0.717, 1.165) is 0 Å². The Balaban J connectivity index is 0. The van der Waals surface area contributed by atoms with E-state index in [1.54, 1.807) is 0 Å². The predicted octanol–water partition coefficient (Wildman–Crippen LogP) is -21.0. The minimum Gasteiger partial charge on any atom is -1.00 e. The quantitative estimate of drug-likeness (QED) is 0.168. The average molecular weight is 835 g/mol. The summed E-state index contributed by atoms with van der Waals surface area (Å²) in [5.41, 5.74) is 0. The standard InChI is InChI=1S/6HI.Na.V/h6*1H;;/q;;;;;;+1;/p-6. The Kier molecular flexibility index (Phi) is 430. The topological polar surface area (TPSA) is 0 Å². The van der Waals surface area contributed by atoms with Crippen molar-refractivity contribution in [2.24, 2.45) is 0 Å². The smallest absolute Gasteiger partial charge is 1.00 e. The van der Waals surface area contributed by atoms with Gasteiger partial charge in [0, 0.05) is 18.6 Å². The van der Waals surface area contributed by atoms with Crippen molar-refractivity contribution in [2.45, 2.75) is 0 Å². The molecule has 0 bridgehead atoms. The molecule has 0 saturated carbocycles. The van der Waals surface area contributed by atoms with Crippen molar-refractivity contribution >= 4 is 0 Å². The van der Waals surface area contributed by atoms with E-state index in [9.17, 15) is 0 Å². The van der Waals surface area contributed by atoms with E-state index in [1.165, 1.54) is 0 Å². The summed E-state index contributed by atoms with van der Waals surface area (Å²) < 4.78 is 0. The van der Waals surface area contributed by atoms with E-state index in [-0.39, 0.29) is 192 Å². The second kappa shape index (κ2) is 52.2. The second-order valence-corrected chi connectivity index (χ2v) is 0. The van der Waals surface area contributed by atoms with Crippen LogP contribution in [-0.4, -0.2) is 0 Å². The molecule has 0 heterocycles. The largest absolute Gasteiger partial charge is 1.00 e. The van der Waals surface area contributed by atoms with Gasteiger partial charge in [0.2, 0.25) is 0 Å². The van der Waals surface area contributed by atoms with E-state index >= 15 is 0 Å². The molecule has 0 amide bonds. The summed E-state index contributed by atoms with van der Waals surface area (Å²) in [5.74, 6) is 0. The summed E-state index contributed by atoms with van der Waals surface area (Å²) in [7, 11) is 0. The molecule has 0 nitrogen and oxygen atoms in total. The van der Waals surface area contributed by atoms with Gasteiger partial charge in [-0.1, -0.05) is 0 Å². The summed E-state index contributed by atoms with van der Waals surface area (Å²) >= 11 is 0. The third kappa shape index (κ3) is 40.4. The van der Waals surface area contributed by atoms with Gasteiger partial charge in [-0.05, 0) is 0 Å². The molecule has 0 rings (SSSR count). The third-order valence-electron chi connectivity index (χ3n) is 0. The molecule has 53 valence electrons. The first kappa shape index (κ1) is 66.0. The van der Waals surface area contributed by atoms with Crippen LogP contribution in [0.1, 0.15) is 0 Å². The van der Waals surface area contributed by atoms with Crippen molar-refractivity contribution in [1.82, 2.24) is 0 Å². The number of halogens is 6. The summed E-state index contributed by atoms with van der Waals surface area (Å²) in [6, 6.07) is 0. The van der Waals surface area contributed by atoms with E-state index in [0.29, 0.717) is 0 Å². The van der Waals surface area contributed by atoms with Gasteiger partial charge in [-0.2, -0.15) is 0 Å². The van der Waals surface area contributed by atoms with Crippen LogP contribution >= 0.6 is 0 Å². The normalized spacial score (nSPS) is 0. The molecular weight excluding hydrogens is 835 g/mol. The first-order valence-corrected chi connectivity index (χ1v) is 0. The molecule has 0 spiro atoms. The molecule has 0 N–H and O–H groups in total. The maximum Gasteiger partial charge on any atom is 1.00 e. The van der Waals surface area contributed by atoms with Crippen molar-refractivity contribution in [3.63, 3.8) is 0 Å². The first-order chi connectivity index (χ1) is 0. The molecule has 0 aliphatic rings. The van der Waals surface area contributed by atoms with Crippen LogP contribution in [0.25, 0.3) is 0 Å². The van der Waals surface area contributed by atoms with E-state index in [2.05, 4.69) is 0 Å². The molecule has 0 aliphatic carbocycles. The molecule has 0 aliphatic heterocycles. The molecule has 0 unspecified atom stereocenters. The maximum absolute atomic E-state index is 0. The fraction of sp³-hybridized carbons (Fsp3) is 0. The molecule has 8 heteroatoms. The van der Waals surface area contributed by atoms with Crippen LogP contribution in [0.4, 0.5) is 0 Å². The summed E-state index contributed by atoms with van der Waals surface area (Å²) in [6.07, 6.45) is 0. The second-order valence-electron chi connectivity index (χ2n) is 0. The fourth-order valence-electron chi connectivity index (χ4n) is 0. The average Bonchev–Trinajstić information content (AvgIpc) is 0. The SMILES string of the molecule is [I-].[I-].[I-].[I-].[I-].[I-].[Na+].[V]. The molecule has 0 aromatic carbocycles. The van der Waals surface area contributed by atoms with Crippen LogP contribution in [-0.2, 0) is 18.6 Å². The monoisotopic (exact) mass is 835 g/mol. The Morgan fingerprint density at radius 3 is 0.375 bits per heavy atom. The van der Waals surface area contributed by atoms with Crippen LogP contribution in [0.5, 0.6) is 0 Å². The third-order valence-corrected chi connectivity index (χ3v) is 0. The Morgan fingerprint density at radius 2 is 0.375 bits per heavy atom. The van der Waals surface area contributed by atoms with Crippen LogP contribution in [0.2, 0.25) is 0 Å². The van der Waals surface area contributed by atoms with E-state index in [1.807, 2.05) is 0 Å². The molecule has 0 fully saturated rings. The van der Waals surface area contributed by atoms with Gasteiger partial charge in [-0.15, -0.1) is 0 Å². The van der Waals surface area contributed by atoms with Gasteiger partial charge in [0.1, 0.15) is 0 Å². The summed E-state index contributed by atoms with van der Waals surface area (Å²) in [4.78, 5) is 0. The molecule has 1 radical (unpaired) electrons. The number of hydrogen-bond acceptors (Lipinski definition) is 0. The van der Waals surface area contributed by atoms with Gasteiger partial charge in [0.25, 0.3) is 0 Å². The molecule has 0 saturated heterocycles. The molecular formula is I6NaV-5. The molecule has 0 aromatic rings. The van der Waals surface area contributed by atoms with Gasteiger partial charge in [0.15, 0.2) is 0 Å². The molecule has 0 atom stereocenters. The summed E-state index contributed by atoms with van der Waals surface area (Å²) in [6.45, 7) is 0. The van der Waals surface area contributed by atoms with Crippen molar-refractivity contribution in [3.05, 3.63) is 0 Å². The zero-order valence-corrected chi connectivity index (χ0v) is 20.1. The maximum atomic E-state index is 0. The van der Waals surface area contributed by atoms with Gasteiger partial charge < -0.3 is 144 Å². The fourth-order valence-corrected chi connectivity index (χ4v) is 0. The van der Waals surface area contributed by atoms with Gasteiger partial charge in [0.05, 0.1) is 0 Å². The number of hydrogen-bond donors (Lipinski definition) is 0. The Morgan fingerprint density at radius 1 is 0.375 bits per heavy atom. The Hall–Kier alpha value is 5.96. The minimum absolute atomic E-state index is 0. The van der Waals surface area contributed by atoms with Crippen molar-refractivity contribution in [3.8, 4) is 0 Å². The molecule has 8 heavy (non-hydrogen) atoms. The van der Waals surface area contributed by atoms with E-state index in [4.69, 9.17) is 0 Å². The summed E-state index contributed by atoms with van der Waals surface area (Å²) in [5, 5.41) is 0. The van der Waals surface area contributed by atoms with Crippen molar-refractivity contribution in [1.29, 1.82) is 0 Å². The zero-order valence-electron chi connectivity index (χ0n) is 3.72. The van der Waals surface area contributed by atoms with Gasteiger partial charge in [-0.25, -0.2) is 0 Å². The van der Waals surface area contributed by atoms with Crippen LogP contribution in [0.15, 0.2) is 0 Å². The molecule has 0 aromatic heterocycles. The van der Waals surface area contributed by atoms with Crippen LogP contribution in [0.3, 0.4) is 0 Å². The van der Waals surface area contributed by atoms with Crippen molar-refractivity contribution in [2.75, 3.05) is 0 Å². The zero-order chi connectivity index (χ0) is 0. The van der Waals surface area contributed by atoms with Gasteiger partial charge in [-0.3, -0.25) is 0 Å². The van der Waals surface area contributed by atoms with Gasteiger partial charge >= 0.3 is 29.6 Å². The first-order valence-electron chi connectivity index (χ1n) is 0. The van der Waals surface area contributed by atoms with Crippen molar-refractivity contribution < 1.29 is 192 Å². The van der Waals surface area contributed by atoms with E-state index < -0.39 is 0 Å².